The Morgan fingerprint density at radius 3 is 2.44 bits per heavy atom. The van der Waals surface area contributed by atoms with E-state index in [1.165, 1.54) is 3.57 Å². The molecule has 2 N–H and O–H groups in total. The van der Waals surface area contributed by atoms with Gasteiger partial charge in [-0.05, 0) is 74.4 Å². The van der Waals surface area contributed by atoms with Gasteiger partial charge in [-0.2, -0.15) is 0 Å². The maximum atomic E-state index is 12.3. The van der Waals surface area contributed by atoms with Gasteiger partial charge in [0.1, 0.15) is 0 Å². The van der Waals surface area contributed by atoms with Crippen molar-refractivity contribution in [1.82, 2.24) is 0 Å². The van der Waals surface area contributed by atoms with Crippen molar-refractivity contribution in [2.24, 2.45) is 0 Å². The van der Waals surface area contributed by atoms with Crippen molar-refractivity contribution < 1.29 is 4.21 Å². The summed E-state index contributed by atoms with van der Waals surface area (Å²) in [5.74, 6) is 0.513. The van der Waals surface area contributed by atoms with Gasteiger partial charge in [0.25, 0.3) is 0 Å². The third kappa shape index (κ3) is 3.55. The van der Waals surface area contributed by atoms with E-state index < -0.39 is 10.8 Å². The molecule has 0 saturated heterocycles. The molecule has 0 fully saturated rings. The molecule has 0 aromatic heterocycles. The number of anilines is 1. The van der Waals surface area contributed by atoms with Crippen LogP contribution >= 0.6 is 38.5 Å². The summed E-state index contributed by atoms with van der Waals surface area (Å²) in [6.07, 6.45) is 0. The van der Waals surface area contributed by atoms with Crippen LogP contribution in [-0.4, -0.2) is 4.21 Å². The normalized spacial score (nSPS) is 12.3. The Hall–Kier alpha value is -0.400. The third-order valence-electron chi connectivity index (χ3n) is 2.41. The van der Waals surface area contributed by atoms with Gasteiger partial charge in [-0.15, -0.1) is 0 Å². The molecule has 0 radical (unpaired) electrons. The highest BCUT2D eigenvalue weighted by molar-refractivity contribution is 14.1. The molecule has 0 aliphatic carbocycles. The van der Waals surface area contributed by atoms with Crippen molar-refractivity contribution in [3.05, 3.63) is 56.1 Å². The van der Waals surface area contributed by atoms with E-state index in [-0.39, 0.29) is 0 Å². The van der Waals surface area contributed by atoms with E-state index in [4.69, 9.17) is 5.73 Å². The first-order valence-electron chi connectivity index (χ1n) is 5.24. The Morgan fingerprint density at radius 2 is 1.83 bits per heavy atom. The predicted octanol–water partition coefficient (Wildman–Crippen LogP) is 3.94. The minimum absolute atomic E-state index is 0.513. The lowest BCUT2D eigenvalue weighted by molar-refractivity contribution is 0.682. The molecule has 0 bridgehead atoms. The molecule has 18 heavy (non-hydrogen) atoms. The fourth-order valence-corrected chi connectivity index (χ4v) is 3.96. The van der Waals surface area contributed by atoms with Gasteiger partial charge in [0.15, 0.2) is 0 Å². The summed E-state index contributed by atoms with van der Waals surface area (Å²) in [6.45, 7) is 0. The predicted molar refractivity (Wildman–Crippen MR) is 87.8 cm³/mol. The van der Waals surface area contributed by atoms with Crippen molar-refractivity contribution in [2.45, 2.75) is 10.6 Å². The number of nitrogens with two attached hydrogens (primary N) is 1. The van der Waals surface area contributed by atoms with Crippen molar-refractivity contribution in [1.29, 1.82) is 0 Å². The molecular formula is C13H11BrINOS. The van der Waals surface area contributed by atoms with E-state index >= 15 is 0 Å². The topological polar surface area (TPSA) is 43.1 Å². The Balaban J connectivity index is 2.19. The van der Waals surface area contributed by atoms with Crippen LogP contribution in [0.2, 0.25) is 0 Å². The zero-order chi connectivity index (χ0) is 13.1. The smallest absolute Gasteiger partial charge is 0.0585 e. The highest BCUT2D eigenvalue weighted by Gasteiger charge is 2.09. The van der Waals surface area contributed by atoms with Crippen LogP contribution in [0.3, 0.4) is 0 Å². The van der Waals surface area contributed by atoms with Crippen molar-refractivity contribution in [3.8, 4) is 0 Å². The van der Waals surface area contributed by atoms with Crippen LogP contribution in [0.5, 0.6) is 0 Å². The number of hydrogen-bond donors (Lipinski definition) is 1. The molecule has 2 rings (SSSR count). The molecule has 0 saturated carbocycles. The number of benzene rings is 2. The van der Waals surface area contributed by atoms with Gasteiger partial charge >= 0.3 is 0 Å². The van der Waals surface area contributed by atoms with E-state index in [1.807, 2.05) is 30.3 Å². The Morgan fingerprint density at radius 1 is 1.17 bits per heavy atom. The first kappa shape index (κ1) is 14.0. The summed E-state index contributed by atoms with van der Waals surface area (Å²) in [7, 11) is -1.07. The molecule has 0 amide bonds. The van der Waals surface area contributed by atoms with Gasteiger partial charge in [0, 0.05) is 13.7 Å². The summed E-state index contributed by atoms with van der Waals surface area (Å²) in [5.41, 5.74) is 7.40. The second-order valence-corrected chi connectivity index (χ2v) is 7.33. The maximum absolute atomic E-state index is 12.3. The fraction of sp³-hybridized carbons (Fsp3) is 0.0769. The monoisotopic (exact) mass is 435 g/mol. The second kappa shape index (κ2) is 6.16. The highest BCUT2D eigenvalue weighted by Crippen LogP contribution is 2.24. The minimum Gasteiger partial charge on any atom is -0.399 e. The van der Waals surface area contributed by atoms with Gasteiger partial charge in [0.2, 0.25) is 0 Å². The number of nitrogen functional groups attached to an aromatic ring is 1. The standard InChI is InChI=1S/C13H11BrINOS/c14-12-7-11(16)5-6-13(12)18(17)8-9-1-3-10(15)4-2-9/h1-7H,8,16H2. The average Bonchev–Trinajstić information content (AvgIpc) is 2.32. The van der Waals surface area contributed by atoms with Crippen LogP contribution in [0.15, 0.2) is 51.8 Å². The molecule has 1 unspecified atom stereocenters. The fourth-order valence-electron chi connectivity index (χ4n) is 1.51. The molecule has 0 heterocycles. The lowest BCUT2D eigenvalue weighted by atomic mass is 10.2. The molecule has 0 aliphatic rings. The lowest BCUT2D eigenvalue weighted by Gasteiger charge is -2.06. The van der Waals surface area contributed by atoms with Crippen molar-refractivity contribution in [2.75, 3.05) is 5.73 Å². The Kier molecular flexibility index (Phi) is 4.80. The second-order valence-electron chi connectivity index (χ2n) is 3.81. The molecule has 94 valence electrons. The first-order valence-corrected chi connectivity index (χ1v) is 8.43. The summed E-state index contributed by atoms with van der Waals surface area (Å²) in [4.78, 5) is 0.780. The zero-order valence-electron chi connectivity index (χ0n) is 9.40. The molecule has 5 heteroatoms. The van der Waals surface area contributed by atoms with Crippen LogP contribution in [0, 0.1) is 3.57 Å². The van der Waals surface area contributed by atoms with Gasteiger partial charge in [-0.25, -0.2) is 0 Å². The first-order chi connectivity index (χ1) is 8.56. The lowest BCUT2D eigenvalue weighted by Crippen LogP contribution is -1.98. The molecule has 1 atom stereocenters. The average molecular weight is 436 g/mol. The quantitative estimate of drug-likeness (QED) is 0.586. The van der Waals surface area contributed by atoms with E-state index in [2.05, 4.69) is 38.5 Å². The van der Waals surface area contributed by atoms with Gasteiger partial charge in [-0.1, -0.05) is 12.1 Å². The number of rotatable bonds is 3. The van der Waals surface area contributed by atoms with Crippen molar-refractivity contribution >= 4 is 55.0 Å². The van der Waals surface area contributed by atoms with Crippen LogP contribution in [0.4, 0.5) is 5.69 Å². The van der Waals surface area contributed by atoms with Gasteiger partial charge in [-0.3, -0.25) is 4.21 Å². The molecule has 0 spiro atoms. The molecule has 2 nitrogen and oxygen atoms in total. The summed E-state index contributed by atoms with van der Waals surface area (Å²) in [6, 6.07) is 13.4. The van der Waals surface area contributed by atoms with E-state index in [1.54, 1.807) is 12.1 Å². The van der Waals surface area contributed by atoms with E-state index in [0.717, 1.165) is 14.9 Å². The number of halogens is 2. The van der Waals surface area contributed by atoms with Crippen LogP contribution in [0.25, 0.3) is 0 Å². The van der Waals surface area contributed by atoms with Crippen molar-refractivity contribution in [3.63, 3.8) is 0 Å². The van der Waals surface area contributed by atoms with Crippen LogP contribution in [-0.2, 0) is 16.6 Å². The highest BCUT2D eigenvalue weighted by atomic mass is 127. The largest absolute Gasteiger partial charge is 0.399 e. The van der Waals surface area contributed by atoms with E-state index in [0.29, 0.717) is 11.4 Å². The maximum Gasteiger partial charge on any atom is 0.0585 e. The summed E-state index contributed by atoms with van der Waals surface area (Å²) < 4.78 is 14.2. The van der Waals surface area contributed by atoms with Gasteiger partial charge < -0.3 is 5.73 Å². The molecule has 2 aromatic rings. The summed E-state index contributed by atoms with van der Waals surface area (Å²) in [5, 5.41) is 0. The Labute approximate surface area is 131 Å². The van der Waals surface area contributed by atoms with Gasteiger partial charge in [0.05, 0.1) is 21.4 Å². The summed E-state index contributed by atoms with van der Waals surface area (Å²) >= 11 is 5.65. The molecule has 2 aromatic carbocycles. The van der Waals surface area contributed by atoms with Crippen LogP contribution in [0.1, 0.15) is 5.56 Å². The zero-order valence-corrected chi connectivity index (χ0v) is 14.0. The van der Waals surface area contributed by atoms with Crippen LogP contribution < -0.4 is 5.73 Å². The minimum atomic E-state index is -1.07. The SMILES string of the molecule is Nc1ccc(S(=O)Cc2ccc(I)cc2)c(Br)c1. The third-order valence-corrected chi connectivity index (χ3v) is 5.49. The Bertz CT molecular complexity index is 586. The van der Waals surface area contributed by atoms with E-state index in [9.17, 15) is 4.21 Å². The number of hydrogen-bond acceptors (Lipinski definition) is 2. The molecule has 0 aliphatic heterocycles. The molecular weight excluding hydrogens is 425 g/mol.